The highest BCUT2D eigenvalue weighted by Gasteiger charge is 2.34. The van der Waals surface area contributed by atoms with Gasteiger partial charge < -0.3 is 19.5 Å². The van der Waals surface area contributed by atoms with E-state index >= 15 is 0 Å². The lowest BCUT2D eigenvalue weighted by Gasteiger charge is -2.13. The van der Waals surface area contributed by atoms with Crippen molar-refractivity contribution < 1.29 is 19.4 Å². The molecule has 2 aromatic heterocycles. The number of nitrogens with zero attached hydrogens (tertiary/aromatic N) is 2. The number of carbonyl (C=O) groups is 1. The summed E-state index contributed by atoms with van der Waals surface area (Å²) in [6, 6.07) is 3.55. The molecule has 106 valence electrons. The van der Waals surface area contributed by atoms with Gasteiger partial charge in [0.1, 0.15) is 5.69 Å². The van der Waals surface area contributed by atoms with Crippen molar-refractivity contribution in [3.05, 3.63) is 29.0 Å². The van der Waals surface area contributed by atoms with Crippen molar-refractivity contribution >= 4 is 17.2 Å². The normalized spacial score (nSPS) is 22.4. The molecular weight excluding hydrogens is 280 g/mol. The zero-order valence-corrected chi connectivity index (χ0v) is 11.6. The van der Waals surface area contributed by atoms with Crippen LogP contribution in [0.1, 0.15) is 15.4 Å². The molecule has 20 heavy (non-hydrogen) atoms. The average Bonchev–Trinajstić information content (AvgIpc) is 3.10. The van der Waals surface area contributed by atoms with E-state index < -0.39 is 12.2 Å². The van der Waals surface area contributed by atoms with E-state index in [9.17, 15) is 15.0 Å². The number of rotatable bonds is 2. The van der Waals surface area contributed by atoms with Crippen molar-refractivity contribution in [2.24, 2.45) is 0 Å². The van der Waals surface area contributed by atoms with Gasteiger partial charge in [-0.2, -0.15) is 0 Å². The first kappa shape index (κ1) is 13.3. The first-order valence-electron chi connectivity index (χ1n) is 6.23. The van der Waals surface area contributed by atoms with Gasteiger partial charge in [0.25, 0.3) is 5.91 Å². The molecule has 2 aromatic rings. The van der Waals surface area contributed by atoms with Gasteiger partial charge >= 0.3 is 0 Å². The van der Waals surface area contributed by atoms with Crippen molar-refractivity contribution in [2.75, 3.05) is 13.1 Å². The minimum absolute atomic E-state index is 0.132. The zero-order valence-electron chi connectivity index (χ0n) is 10.8. The Morgan fingerprint density at radius 1 is 1.45 bits per heavy atom. The quantitative estimate of drug-likeness (QED) is 0.859. The topological polar surface area (TPSA) is 86.8 Å². The lowest BCUT2D eigenvalue weighted by molar-refractivity contribution is 0.0572. The van der Waals surface area contributed by atoms with Gasteiger partial charge in [-0.15, -0.1) is 11.3 Å². The van der Waals surface area contributed by atoms with Crippen LogP contribution in [0.2, 0.25) is 0 Å². The van der Waals surface area contributed by atoms with Gasteiger partial charge in [0.05, 0.1) is 18.5 Å². The van der Waals surface area contributed by atoms with Crippen LogP contribution < -0.4 is 0 Å². The van der Waals surface area contributed by atoms with Crippen molar-refractivity contribution in [1.82, 2.24) is 9.88 Å². The number of amides is 1. The van der Waals surface area contributed by atoms with E-state index in [0.29, 0.717) is 16.5 Å². The maximum Gasteiger partial charge on any atom is 0.273 e. The summed E-state index contributed by atoms with van der Waals surface area (Å²) >= 11 is 1.38. The molecule has 2 unspecified atom stereocenters. The molecule has 0 aromatic carbocycles. The molecule has 0 spiro atoms. The van der Waals surface area contributed by atoms with Gasteiger partial charge in [0.15, 0.2) is 10.8 Å². The number of hydrogen-bond donors (Lipinski definition) is 2. The van der Waals surface area contributed by atoms with Gasteiger partial charge in [0.2, 0.25) is 0 Å². The minimum atomic E-state index is -0.887. The summed E-state index contributed by atoms with van der Waals surface area (Å²) in [6.07, 6.45) is -0.217. The van der Waals surface area contributed by atoms with Gasteiger partial charge in [-0.25, -0.2) is 4.98 Å². The molecule has 3 rings (SSSR count). The van der Waals surface area contributed by atoms with Crippen LogP contribution in [-0.2, 0) is 0 Å². The molecule has 0 bridgehead atoms. The number of aromatic nitrogens is 1. The Kier molecular flexibility index (Phi) is 3.33. The van der Waals surface area contributed by atoms with Crippen LogP contribution in [0.15, 0.2) is 22.8 Å². The number of thiazole rings is 1. The van der Waals surface area contributed by atoms with E-state index in [1.54, 1.807) is 18.4 Å². The molecule has 1 aliphatic heterocycles. The zero-order chi connectivity index (χ0) is 14.3. The van der Waals surface area contributed by atoms with Crippen molar-refractivity contribution in [2.45, 2.75) is 19.1 Å². The number of aryl methyl sites for hydroxylation is 1. The predicted octanol–water partition coefficient (Wildman–Crippen LogP) is 0.889. The molecular formula is C13H14N2O4S. The molecule has 7 heteroatoms. The number of furan rings is 1. The number of β-amino-alcohol motifs (C(OH)–C–C–N with tert-alkyl or cyclic N) is 2. The average molecular weight is 294 g/mol. The highest BCUT2D eigenvalue weighted by Crippen LogP contribution is 2.29. The molecule has 0 radical (unpaired) electrons. The number of likely N-dealkylation sites (tertiary alicyclic amines) is 1. The van der Waals surface area contributed by atoms with Gasteiger partial charge in [-0.05, 0) is 19.1 Å². The molecule has 0 aliphatic carbocycles. The van der Waals surface area contributed by atoms with E-state index in [0.717, 1.165) is 4.88 Å². The third-order valence-corrected chi connectivity index (χ3v) is 4.26. The van der Waals surface area contributed by atoms with Crippen molar-refractivity contribution in [3.63, 3.8) is 0 Å². The van der Waals surface area contributed by atoms with Crippen LogP contribution in [-0.4, -0.2) is 51.3 Å². The van der Waals surface area contributed by atoms with Crippen LogP contribution in [0.3, 0.4) is 0 Å². The Balaban J connectivity index is 1.86. The molecule has 1 fully saturated rings. The van der Waals surface area contributed by atoms with Crippen LogP contribution in [0.5, 0.6) is 0 Å². The minimum Gasteiger partial charge on any atom is -0.462 e. The van der Waals surface area contributed by atoms with E-state index in [4.69, 9.17) is 4.42 Å². The standard InChI is InChI=1S/C13H14N2O4S/c1-7-11(13(18)15-5-8(16)9(17)6-15)14-12(20-7)10-3-2-4-19-10/h2-4,8-9,16-17H,5-6H2,1H3. The smallest absolute Gasteiger partial charge is 0.273 e. The molecule has 1 amide bonds. The molecule has 1 saturated heterocycles. The Hall–Kier alpha value is -1.70. The Morgan fingerprint density at radius 3 is 2.75 bits per heavy atom. The first-order valence-corrected chi connectivity index (χ1v) is 7.04. The van der Waals surface area contributed by atoms with Crippen LogP contribution >= 0.6 is 11.3 Å². The highest BCUT2D eigenvalue weighted by atomic mass is 32.1. The second kappa shape index (κ2) is 5.01. The SMILES string of the molecule is Cc1sc(-c2ccco2)nc1C(=O)N1CC(O)C(O)C1. The maximum absolute atomic E-state index is 12.4. The second-order valence-electron chi connectivity index (χ2n) is 4.75. The summed E-state index contributed by atoms with van der Waals surface area (Å²) in [7, 11) is 0. The van der Waals surface area contributed by atoms with Crippen LogP contribution in [0, 0.1) is 6.92 Å². The largest absolute Gasteiger partial charge is 0.462 e. The molecule has 3 heterocycles. The summed E-state index contributed by atoms with van der Waals surface area (Å²) in [4.78, 5) is 18.9. The van der Waals surface area contributed by atoms with E-state index in [1.165, 1.54) is 16.2 Å². The lowest BCUT2D eigenvalue weighted by atomic mass is 10.3. The van der Waals surface area contributed by atoms with Crippen LogP contribution in [0.25, 0.3) is 10.8 Å². The predicted molar refractivity (Wildman–Crippen MR) is 72.5 cm³/mol. The molecule has 0 saturated carbocycles. The summed E-state index contributed by atoms with van der Waals surface area (Å²) in [5.41, 5.74) is 0.350. The fourth-order valence-electron chi connectivity index (χ4n) is 2.19. The van der Waals surface area contributed by atoms with Crippen LogP contribution in [0.4, 0.5) is 0 Å². The molecule has 2 atom stereocenters. The maximum atomic E-state index is 12.4. The van der Waals surface area contributed by atoms with Crippen molar-refractivity contribution in [3.8, 4) is 10.8 Å². The summed E-state index contributed by atoms with van der Waals surface area (Å²) in [5, 5.41) is 19.7. The van der Waals surface area contributed by atoms with E-state index in [2.05, 4.69) is 4.98 Å². The van der Waals surface area contributed by atoms with Crippen molar-refractivity contribution in [1.29, 1.82) is 0 Å². The Bertz CT molecular complexity index is 612. The number of aliphatic hydroxyl groups is 2. The van der Waals surface area contributed by atoms with Gasteiger partial charge in [0, 0.05) is 18.0 Å². The Morgan fingerprint density at radius 2 is 2.15 bits per heavy atom. The summed E-state index contributed by atoms with van der Waals surface area (Å²) in [5.74, 6) is 0.353. The Labute approximate surface area is 119 Å². The number of aliphatic hydroxyl groups excluding tert-OH is 2. The van der Waals surface area contributed by atoms with E-state index in [-0.39, 0.29) is 19.0 Å². The lowest BCUT2D eigenvalue weighted by Crippen LogP contribution is -2.30. The third kappa shape index (κ3) is 2.24. The molecule has 6 nitrogen and oxygen atoms in total. The van der Waals surface area contributed by atoms with Gasteiger partial charge in [-0.3, -0.25) is 4.79 Å². The number of carbonyl (C=O) groups excluding carboxylic acids is 1. The van der Waals surface area contributed by atoms with Gasteiger partial charge in [-0.1, -0.05) is 0 Å². The summed E-state index contributed by atoms with van der Waals surface area (Å²) in [6.45, 7) is 2.08. The second-order valence-corrected chi connectivity index (χ2v) is 5.95. The fraction of sp³-hybridized carbons (Fsp3) is 0.385. The number of hydrogen-bond acceptors (Lipinski definition) is 6. The summed E-state index contributed by atoms with van der Waals surface area (Å²) < 4.78 is 5.27. The third-order valence-electron chi connectivity index (χ3n) is 3.28. The highest BCUT2D eigenvalue weighted by molar-refractivity contribution is 7.15. The van der Waals surface area contributed by atoms with E-state index in [1.807, 2.05) is 6.92 Å². The monoisotopic (exact) mass is 294 g/mol. The first-order chi connectivity index (χ1) is 9.56. The fourth-order valence-corrected chi connectivity index (χ4v) is 3.06. The molecule has 2 N–H and O–H groups in total. The molecule has 1 aliphatic rings.